The zero-order valence-corrected chi connectivity index (χ0v) is 11.8. The Morgan fingerprint density at radius 2 is 2.11 bits per heavy atom. The number of aliphatic hydroxyl groups is 1. The van der Waals surface area contributed by atoms with E-state index in [9.17, 15) is 5.11 Å². The molecule has 1 heterocycles. The molecule has 19 heavy (non-hydrogen) atoms. The van der Waals surface area contributed by atoms with Gasteiger partial charge in [0, 0.05) is 6.54 Å². The van der Waals surface area contributed by atoms with Crippen molar-refractivity contribution in [3.8, 4) is 5.75 Å². The highest BCUT2D eigenvalue weighted by molar-refractivity contribution is 5.40. The van der Waals surface area contributed by atoms with Crippen LogP contribution in [0.25, 0.3) is 0 Å². The second kappa shape index (κ2) is 5.45. The van der Waals surface area contributed by atoms with Crippen LogP contribution in [0.2, 0.25) is 0 Å². The first kappa shape index (κ1) is 13.6. The topological polar surface area (TPSA) is 47.3 Å². The average Bonchev–Trinajstić information content (AvgIpc) is 2.83. The molecule has 1 atom stereocenters. The standard InChI is InChI=1S/C15H20N2O2/c1-5-17-14(13(19-4)9-16-17)15(18)12-8-10(2)6-7-11(12)3/h6-9,15,18H,5H2,1-4H3. The molecule has 1 N–H and O–H groups in total. The van der Waals surface area contributed by atoms with Gasteiger partial charge in [0.05, 0.1) is 13.3 Å². The van der Waals surface area contributed by atoms with Crippen molar-refractivity contribution in [3.05, 3.63) is 46.8 Å². The zero-order valence-electron chi connectivity index (χ0n) is 11.8. The Balaban J connectivity index is 2.51. The second-order valence-corrected chi connectivity index (χ2v) is 4.68. The quantitative estimate of drug-likeness (QED) is 0.919. The van der Waals surface area contributed by atoms with Crippen LogP contribution in [-0.4, -0.2) is 22.0 Å². The minimum absolute atomic E-state index is 0.621. The molecule has 0 amide bonds. The number of hydrogen-bond acceptors (Lipinski definition) is 3. The number of aliphatic hydroxyl groups excluding tert-OH is 1. The zero-order chi connectivity index (χ0) is 14.0. The van der Waals surface area contributed by atoms with Gasteiger partial charge in [-0.25, -0.2) is 0 Å². The van der Waals surface area contributed by atoms with Gasteiger partial charge in [0.15, 0.2) is 5.75 Å². The van der Waals surface area contributed by atoms with Crippen LogP contribution in [0, 0.1) is 13.8 Å². The third-order valence-corrected chi connectivity index (χ3v) is 3.35. The third kappa shape index (κ3) is 2.49. The molecule has 0 fully saturated rings. The third-order valence-electron chi connectivity index (χ3n) is 3.35. The van der Waals surface area contributed by atoms with Gasteiger partial charge in [0.25, 0.3) is 0 Å². The van der Waals surface area contributed by atoms with E-state index in [-0.39, 0.29) is 0 Å². The molecule has 0 aliphatic rings. The van der Waals surface area contributed by atoms with Crippen LogP contribution in [0.3, 0.4) is 0 Å². The first-order valence-electron chi connectivity index (χ1n) is 6.43. The van der Waals surface area contributed by atoms with Gasteiger partial charge in [-0.05, 0) is 31.9 Å². The smallest absolute Gasteiger partial charge is 0.163 e. The first-order valence-corrected chi connectivity index (χ1v) is 6.43. The predicted octanol–water partition coefficient (Wildman–Crippen LogP) is 2.61. The molecule has 2 rings (SSSR count). The van der Waals surface area contributed by atoms with E-state index in [1.807, 2.05) is 39.0 Å². The SMILES string of the molecule is CCn1ncc(OC)c1C(O)c1cc(C)ccc1C. The molecule has 0 spiro atoms. The fourth-order valence-electron chi connectivity index (χ4n) is 2.26. The maximum absolute atomic E-state index is 10.7. The Labute approximate surface area is 113 Å². The van der Waals surface area contributed by atoms with Gasteiger partial charge in [-0.2, -0.15) is 5.10 Å². The number of benzene rings is 1. The molecular weight excluding hydrogens is 240 g/mol. The van der Waals surface area contributed by atoms with Crippen LogP contribution >= 0.6 is 0 Å². The van der Waals surface area contributed by atoms with E-state index in [1.165, 1.54) is 0 Å². The molecule has 0 aliphatic heterocycles. The van der Waals surface area contributed by atoms with Crippen molar-refractivity contribution in [2.75, 3.05) is 7.11 Å². The van der Waals surface area contributed by atoms with Crippen LogP contribution < -0.4 is 4.74 Å². The molecule has 2 aromatic rings. The Hall–Kier alpha value is -1.81. The summed E-state index contributed by atoms with van der Waals surface area (Å²) in [7, 11) is 1.59. The molecule has 0 saturated heterocycles. The minimum atomic E-state index is -0.725. The highest BCUT2D eigenvalue weighted by atomic mass is 16.5. The van der Waals surface area contributed by atoms with Crippen LogP contribution in [0.5, 0.6) is 5.75 Å². The molecule has 0 bridgehead atoms. The summed E-state index contributed by atoms with van der Waals surface area (Å²) in [4.78, 5) is 0. The summed E-state index contributed by atoms with van der Waals surface area (Å²) in [5.74, 6) is 0.621. The molecular formula is C15H20N2O2. The first-order chi connectivity index (χ1) is 9.08. The maximum atomic E-state index is 10.7. The lowest BCUT2D eigenvalue weighted by Gasteiger charge is -2.17. The van der Waals surface area contributed by atoms with Crippen molar-refractivity contribution < 1.29 is 9.84 Å². The van der Waals surface area contributed by atoms with E-state index < -0.39 is 6.10 Å². The number of hydrogen-bond donors (Lipinski definition) is 1. The van der Waals surface area contributed by atoms with E-state index >= 15 is 0 Å². The van der Waals surface area contributed by atoms with E-state index in [0.29, 0.717) is 18.0 Å². The van der Waals surface area contributed by atoms with Crippen LogP contribution in [-0.2, 0) is 6.54 Å². The number of nitrogens with zero attached hydrogens (tertiary/aromatic N) is 2. The molecule has 0 radical (unpaired) electrons. The lowest BCUT2D eigenvalue weighted by atomic mass is 9.98. The Kier molecular flexibility index (Phi) is 3.90. The van der Waals surface area contributed by atoms with Crippen molar-refractivity contribution in [2.24, 2.45) is 0 Å². The summed E-state index contributed by atoms with van der Waals surface area (Å²) in [6.07, 6.45) is 0.921. The van der Waals surface area contributed by atoms with Gasteiger partial charge in [-0.3, -0.25) is 4.68 Å². The van der Waals surface area contributed by atoms with E-state index in [2.05, 4.69) is 5.10 Å². The summed E-state index contributed by atoms with van der Waals surface area (Å²) in [5.41, 5.74) is 3.79. The molecule has 102 valence electrons. The Morgan fingerprint density at radius 3 is 2.74 bits per heavy atom. The van der Waals surface area contributed by atoms with Crippen LogP contribution in [0.1, 0.15) is 35.4 Å². The van der Waals surface area contributed by atoms with Crippen LogP contribution in [0.4, 0.5) is 0 Å². The van der Waals surface area contributed by atoms with Crippen molar-refractivity contribution >= 4 is 0 Å². The van der Waals surface area contributed by atoms with Gasteiger partial charge < -0.3 is 9.84 Å². The molecule has 1 aromatic carbocycles. The molecule has 0 saturated carbocycles. The number of methoxy groups -OCH3 is 1. The van der Waals surface area contributed by atoms with Gasteiger partial charge in [0.1, 0.15) is 11.8 Å². The lowest BCUT2D eigenvalue weighted by Crippen LogP contribution is -2.11. The Bertz CT molecular complexity index is 554. The number of aryl methyl sites for hydroxylation is 3. The fraction of sp³-hybridized carbons (Fsp3) is 0.400. The van der Waals surface area contributed by atoms with Crippen molar-refractivity contribution in [2.45, 2.75) is 33.4 Å². The fourth-order valence-corrected chi connectivity index (χ4v) is 2.26. The summed E-state index contributed by atoms with van der Waals surface area (Å²) in [6, 6.07) is 6.07. The normalized spacial score (nSPS) is 12.5. The van der Waals surface area contributed by atoms with Crippen molar-refractivity contribution in [1.29, 1.82) is 0 Å². The highest BCUT2D eigenvalue weighted by Crippen LogP contribution is 2.31. The van der Waals surface area contributed by atoms with Crippen molar-refractivity contribution in [1.82, 2.24) is 9.78 Å². The monoisotopic (exact) mass is 260 g/mol. The number of aromatic nitrogens is 2. The summed E-state index contributed by atoms with van der Waals surface area (Å²) >= 11 is 0. The summed E-state index contributed by atoms with van der Waals surface area (Å²) < 4.78 is 7.07. The van der Waals surface area contributed by atoms with Gasteiger partial charge in [-0.15, -0.1) is 0 Å². The van der Waals surface area contributed by atoms with E-state index in [1.54, 1.807) is 18.0 Å². The largest absolute Gasteiger partial charge is 0.493 e. The lowest BCUT2D eigenvalue weighted by molar-refractivity contribution is 0.202. The van der Waals surface area contributed by atoms with E-state index in [0.717, 1.165) is 16.7 Å². The molecule has 4 nitrogen and oxygen atoms in total. The van der Waals surface area contributed by atoms with Crippen LogP contribution in [0.15, 0.2) is 24.4 Å². The van der Waals surface area contributed by atoms with E-state index in [4.69, 9.17) is 4.74 Å². The minimum Gasteiger partial charge on any atom is -0.493 e. The summed E-state index contributed by atoms with van der Waals surface area (Å²) in [6.45, 7) is 6.70. The average molecular weight is 260 g/mol. The molecule has 0 aliphatic carbocycles. The van der Waals surface area contributed by atoms with Gasteiger partial charge >= 0.3 is 0 Å². The highest BCUT2D eigenvalue weighted by Gasteiger charge is 2.22. The summed E-state index contributed by atoms with van der Waals surface area (Å²) in [5, 5.41) is 14.9. The van der Waals surface area contributed by atoms with Gasteiger partial charge in [0.2, 0.25) is 0 Å². The maximum Gasteiger partial charge on any atom is 0.163 e. The Morgan fingerprint density at radius 1 is 1.37 bits per heavy atom. The second-order valence-electron chi connectivity index (χ2n) is 4.68. The molecule has 4 heteroatoms. The van der Waals surface area contributed by atoms with Crippen molar-refractivity contribution in [3.63, 3.8) is 0 Å². The predicted molar refractivity (Wildman–Crippen MR) is 74.4 cm³/mol. The molecule has 1 aromatic heterocycles. The number of ether oxygens (including phenoxy) is 1. The van der Waals surface area contributed by atoms with Gasteiger partial charge in [-0.1, -0.05) is 23.8 Å². The molecule has 1 unspecified atom stereocenters. The number of rotatable bonds is 4.